The Morgan fingerprint density at radius 2 is 2.40 bits per heavy atom. The molecule has 0 fully saturated rings. The van der Waals surface area contributed by atoms with Crippen molar-refractivity contribution in [2.24, 2.45) is 0 Å². The molecule has 0 unspecified atom stereocenters. The summed E-state index contributed by atoms with van der Waals surface area (Å²) < 4.78 is 20.2. The molecule has 0 atom stereocenters. The Morgan fingerprint density at radius 3 is 2.90 bits per heavy atom. The minimum atomic E-state index is -2.27. The molecule has 6 heteroatoms. The van der Waals surface area contributed by atoms with Crippen LogP contribution in [0, 0.1) is 0 Å². The topological polar surface area (TPSA) is 59.9 Å². The third-order valence-electron chi connectivity index (χ3n) is 0.913. The third kappa shape index (κ3) is 2.40. The molecule has 10 heavy (non-hydrogen) atoms. The minimum Gasteiger partial charge on any atom is -0.232 e. The number of hydrogen-bond acceptors (Lipinski definition) is 5. The molecule has 1 rings (SSSR count). The van der Waals surface area contributed by atoms with E-state index in [1.165, 1.54) is 11.3 Å². The van der Waals surface area contributed by atoms with Crippen LogP contribution in [0.4, 0.5) is 0 Å². The van der Waals surface area contributed by atoms with Crippen molar-refractivity contribution in [3.8, 4) is 0 Å². The van der Waals surface area contributed by atoms with Crippen LogP contribution in [0.15, 0.2) is 5.51 Å². The van der Waals surface area contributed by atoms with E-state index in [2.05, 4.69) is 10.2 Å². The lowest BCUT2D eigenvalue weighted by Gasteiger charge is -1.83. The van der Waals surface area contributed by atoms with Gasteiger partial charge in [0.1, 0.15) is 21.2 Å². The van der Waals surface area contributed by atoms with Crippen molar-refractivity contribution in [2.45, 2.75) is 6.42 Å². The lowest BCUT2D eigenvalue weighted by Crippen LogP contribution is -1.92. The second kappa shape index (κ2) is 3.62. The molecule has 0 saturated carbocycles. The molecule has 0 amide bonds. The highest BCUT2D eigenvalue weighted by Gasteiger charge is 1.95. The van der Waals surface area contributed by atoms with Crippen molar-refractivity contribution in [3.63, 3.8) is 0 Å². The summed E-state index contributed by atoms with van der Waals surface area (Å²) in [6, 6.07) is 0. The zero-order valence-electron chi connectivity index (χ0n) is 5.06. The third-order valence-corrected chi connectivity index (χ3v) is 2.26. The highest BCUT2D eigenvalue weighted by atomic mass is 32.2. The van der Waals surface area contributed by atoms with Crippen molar-refractivity contribution in [1.82, 2.24) is 10.2 Å². The van der Waals surface area contributed by atoms with E-state index < -0.39 is 10.7 Å². The largest absolute Gasteiger partial charge is 0.232 e. The van der Waals surface area contributed by atoms with Gasteiger partial charge in [-0.2, -0.15) is 0 Å². The molecule has 0 aliphatic rings. The predicted octanol–water partition coefficient (Wildman–Crippen LogP) is -0.308. The highest BCUT2D eigenvalue weighted by Crippen LogP contribution is 2.01. The van der Waals surface area contributed by atoms with Gasteiger partial charge in [0.15, 0.2) is 0 Å². The first kappa shape index (κ1) is 7.62. The summed E-state index contributed by atoms with van der Waals surface area (Å²) in [5, 5.41) is 8.04. The zero-order valence-corrected chi connectivity index (χ0v) is 6.77. The maximum Gasteiger partial charge on any atom is 0.140 e. The molecule has 0 aliphatic heterocycles. The van der Waals surface area contributed by atoms with Crippen molar-refractivity contribution in [1.29, 1.82) is 0 Å². The van der Waals surface area contributed by atoms with E-state index in [4.69, 9.17) is 0 Å². The fourth-order valence-corrected chi connectivity index (χ4v) is 1.57. The summed E-state index contributed by atoms with van der Waals surface area (Å²) >= 11 is 1.38. The molecule has 0 saturated heterocycles. The Balaban J connectivity index is 2.42. The molecular weight excluding hydrogens is 172 g/mol. The summed E-state index contributed by atoms with van der Waals surface area (Å²) in [7, 11) is -2.27. The van der Waals surface area contributed by atoms with Crippen molar-refractivity contribution in [3.05, 3.63) is 10.5 Å². The van der Waals surface area contributed by atoms with Gasteiger partial charge in [0.05, 0.1) is 5.75 Å². The molecular formula is C4H6N2O2S2. The molecule has 0 spiro atoms. The molecule has 1 aromatic heterocycles. The van der Waals surface area contributed by atoms with E-state index in [1.807, 2.05) is 0 Å². The number of nitrogens with zero attached hydrogens (tertiary/aromatic N) is 2. The van der Waals surface area contributed by atoms with Crippen LogP contribution in [0.25, 0.3) is 0 Å². The van der Waals surface area contributed by atoms with E-state index in [9.17, 15) is 8.42 Å². The first-order chi connectivity index (χ1) is 4.79. The van der Waals surface area contributed by atoms with E-state index >= 15 is 0 Å². The SMILES string of the molecule is O=[SH](=O)CCc1nncs1. The van der Waals surface area contributed by atoms with Crippen LogP contribution >= 0.6 is 11.3 Å². The average Bonchev–Trinajstić information content (AvgIpc) is 2.34. The van der Waals surface area contributed by atoms with Crippen LogP contribution in [-0.2, 0) is 17.1 Å². The Labute approximate surface area is 63.9 Å². The van der Waals surface area contributed by atoms with Gasteiger partial charge >= 0.3 is 0 Å². The maximum absolute atomic E-state index is 10.1. The molecule has 0 N–H and O–H groups in total. The second-order valence-electron chi connectivity index (χ2n) is 1.64. The fraction of sp³-hybridized carbons (Fsp3) is 0.500. The summed E-state index contributed by atoms with van der Waals surface area (Å²) in [6.07, 6.45) is 0.489. The monoisotopic (exact) mass is 178 g/mol. The number of hydrogen-bond donors (Lipinski definition) is 1. The van der Waals surface area contributed by atoms with Gasteiger partial charge < -0.3 is 0 Å². The smallest absolute Gasteiger partial charge is 0.140 e. The highest BCUT2D eigenvalue weighted by molar-refractivity contribution is 7.72. The minimum absolute atomic E-state index is 0.171. The summed E-state index contributed by atoms with van der Waals surface area (Å²) in [4.78, 5) is 0. The fourth-order valence-electron chi connectivity index (χ4n) is 0.492. The first-order valence-corrected chi connectivity index (χ1v) is 4.90. The molecule has 1 aromatic rings. The summed E-state index contributed by atoms with van der Waals surface area (Å²) in [5.74, 6) is 0.171. The second-order valence-corrected chi connectivity index (χ2v) is 3.67. The van der Waals surface area contributed by atoms with Crippen LogP contribution in [0.2, 0.25) is 0 Å². The van der Waals surface area contributed by atoms with Crippen molar-refractivity contribution < 1.29 is 8.42 Å². The standard InChI is InChI=1S/C4H6N2O2S2/c7-10(8)2-1-4-6-5-3-9-4/h3,10H,1-2H2. The number of rotatable bonds is 3. The van der Waals surface area contributed by atoms with Gasteiger partial charge in [-0.15, -0.1) is 21.5 Å². The summed E-state index contributed by atoms with van der Waals surface area (Å²) in [6.45, 7) is 0. The average molecular weight is 178 g/mol. The number of aryl methyl sites for hydroxylation is 1. The molecule has 56 valence electrons. The van der Waals surface area contributed by atoms with Gasteiger partial charge in [0, 0.05) is 6.42 Å². The van der Waals surface area contributed by atoms with Gasteiger partial charge in [-0.05, 0) is 0 Å². The molecule has 0 aliphatic carbocycles. The lowest BCUT2D eigenvalue weighted by molar-refractivity contribution is 0.613. The molecule has 0 bridgehead atoms. The summed E-state index contributed by atoms with van der Waals surface area (Å²) in [5.41, 5.74) is 1.59. The van der Waals surface area contributed by atoms with Gasteiger partial charge in [0.25, 0.3) is 0 Å². The van der Waals surface area contributed by atoms with E-state index in [0.29, 0.717) is 6.42 Å². The van der Waals surface area contributed by atoms with Crippen LogP contribution in [0.3, 0.4) is 0 Å². The molecule has 0 radical (unpaired) electrons. The number of thiol groups is 1. The quantitative estimate of drug-likeness (QED) is 0.645. The lowest BCUT2D eigenvalue weighted by atomic mass is 10.5. The van der Waals surface area contributed by atoms with Gasteiger partial charge in [-0.3, -0.25) is 0 Å². The Kier molecular flexibility index (Phi) is 2.76. The van der Waals surface area contributed by atoms with E-state index in [0.717, 1.165) is 5.01 Å². The van der Waals surface area contributed by atoms with Crippen LogP contribution in [0.5, 0.6) is 0 Å². The first-order valence-electron chi connectivity index (χ1n) is 2.66. The number of aromatic nitrogens is 2. The van der Waals surface area contributed by atoms with Crippen LogP contribution < -0.4 is 0 Å². The predicted molar refractivity (Wildman–Crippen MR) is 38.8 cm³/mol. The van der Waals surface area contributed by atoms with Gasteiger partial charge in [-0.1, -0.05) is 0 Å². The van der Waals surface area contributed by atoms with Crippen LogP contribution in [-0.4, -0.2) is 24.4 Å². The Morgan fingerprint density at radius 1 is 1.60 bits per heavy atom. The van der Waals surface area contributed by atoms with Crippen LogP contribution in [0.1, 0.15) is 5.01 Å². The Bertz CT molecular complexity index is 246. The normalized spacial score (nSPS) is 10.5. The van der Waals surface area contributed by atoms with E-state index in [1.54, 1.807) is 5.51 Å². The molecule has 1 heterocycles. The van der Waals surface area contributed by atoms with Crippen molar-refractivity contribution >= 4 is 22.0 Å². The zero-order chi connectivity index (χ0) is 7.40. The maximum atomic E-state index is 10.1. The van der Waals surface area contributed by atoms with Crippen molar-refractivity contribution in [2.75, 3.05) is 5.75 Å². The molecule has 0 aromatic carbocycles. The van der Waals surface area contributed by atoms with Gasteiger partial charge in [0.2, 0.25) is 0 Å². The van der Waals surface area contributed by atoms with E-state index in [-0.39, 0.29) is 5.75 Å². The van der Waals surface area contributed by atoms with Gasteiger partial charge in [-0.25, -0.2) is 8.42 Å². The molecule has 4 nitrogen and oxygen atoms in total. The Hall–Kier alpha value is -0.490.